The van der Waals surface area contributed by atoms with Crippen molar-refractivity contribution in [1.29, 1.82) is 0 Å². The number of para-hydroxylation sites is 2. The number of morpholine rings is 1. The first kappa shape index (κ1) is 23.4. The number of ether oxygens (including phenoxy) is 2. The number of rotatable bonds is 12. The lowest BCUT2D eigenvalue weighted by molar-refractivity contribution is -0.121. The van der Waals surface area contributed by atoms with Gasteiger partial charge >= 0.3 is 0 Å². The number of nitrogens with zero attached hydrogens (tertiary/aromatic N) is 2. The van der Waals surface area contributed by atoms with E-state index in [1.165, 1.54) is 10.6 Å². The van der Waals surface area contributed by atoms with Gasteiger partial charge in [0.15, 0.2) is 0 Å². The standard InChI is InChI=1S/C20H33N3O5S/c1-3-28-19-9-5-4-8-18(19)23(29(2,25)26)13-6-10-20(24)21-11-7-12-22-14-16-27-17-15-22/h4-5,8-9H,3,6-7,10-17H2,1-2H3,(H,21,24). The minimum Gasteiger partial charge on any atom is -0.492 e. The van der Waals surface area contributed by atoms with Gasteiger partial charge in [0.1, 0.15) is 5.75 Å². The Morgan fingerprint density at radius 2 is 1.97 bits per heavy atom. The van der Waals surface area contributed by atoms with E-state index in [1.807, 2.05) is 6.92 Å². The van der Waals surface area contributed by atoms with E-state index in [-0.39, 0.29) is 18.9 Å². The summed E-state index contributed by atoms with van der Waals surface area (Å²) in [6, 6.07) is 7.05. The predicted octanol–water partition coefficient (Wildman–Crippen LogP) is 1.47. The van der Waals surface area contributed by atoms with E-state index in [9.17, 15) is 13.2 Å². The fourth-order valence-corrected chi connectivity index (χ4v) is 4.20. The molecule has 1 aromatic carbocycles. The molecule has 2 rings (SSSR count). The molecule has 1 aliphatic rings. The summed E-state index contributed by atoms with van der Waals surface area (Å²) in [7, 11) is -3.48. The zero-order chi connectivity index (χ0) is 21.1. The normalized spacial score (nSPS) is 15.1. The molecule has 1 saturated heterocycles. The SMILES string of the molecule is CCOc1ccccc1N(CCCC(=O)NCCCN1CCOCC1)S(C)(=O)=O. The Kier molecular flexibility index (Phi) is 9.69. The molecular weight excluding hydrogens is 394 g/mol. The number of nitrogens with one attached hydrogen (secondary N) is 1. The van der Waals surface area contributed by atoms with E-state index in [2.05, 4.69) is 10.2 Å². The fourth-order valence-electron chi connectivity index (χ4n) is 3.23. The van der Waals surface area contributed by atoms with Crippen LogP contribution < -0.4 is 14.4 Å². The summed E-state index contributed by atoms with van der Waals surface area (Å²) in [6.45, 7) is 7.53. The first-order valence-electron chi connectivity index (χ1n) is 10.2. The summed E-state index contributed by atoms with van der Waals surface area (Å²) in [5.41, 5.74) is 0.503. The lowest BCUT2D eigenvalue weighted by Crippen LogP contribution is -2.38. The van der Waals surface area contributed by atoms with Crippen LogP contribution >= 0.6 is 0 Å². The second-order valence-corrected chi connectivity index (χ2v) is 8.90. The van der Waals surface area contributed by atoms with E-state index >= 15 is 0 Å². The molecule has 0 spiro atoms. The Hall–Kier alpha value is -1.84. The summed E-state index contributed by atoms with van der Waals surface area (Å²) in [5.74, 6) is 0.464. The molecule has 0 aliphatic carbocycles. The van der Waals surface area contributed by atoms with Gasteiger partial charge in [-0.15, -0.1) is 0 Å². The van der Waals surface area contributed by atoms with E-state index in [4.69, 9.17) is 9.47 Å². The maximum atomic E-state index is 12.3. The fraction of sp³-hybridized carbons (Fsp3) is 0.650. The van der Waals surface area contributed by atoms with E-state index in [0.29, 0.717) is 31.0 Å². The molecule has 29 heavy (non-hydrogen) atoms. The van der Waals surface area contributed by atoms with Crippen LogP contribution in [0.5, 0.6) is 5.75 Å². The lowest BCUT2D eigenvalue weighted by atomic mass is 10.2. The summed E-state index contributed by atoms with van der Waals surface area (Å²) >= 11 is 0. The Labute approximate surface area is 174 Å². The molecule has 0 saturated carbocycles. The largest absolute Gasteiger partial charge is 0.492 e. The molecule has 1 aliphatic heterocycles. The number of sulfonamides is 1. The maximum Gasteiger partial charge on any atom is 0.232 e. The molecule has 1 N–H and O–H groups in total. The minimum atomic E-state index is -3.48. The van der Waals surface area contributed by atoms with Crippen LogP contribution in [0.15, 0.2) is 24.3 Å². The summed E-state index contributed by atoms with van der Waals surface area (Å²) in [4.78, 5) is 14.4. The van der Waals surface area contributed by atoms with Crippen molar-refractivity contribution in [3.63, 3.8) is 0 Å². The first-order chi connectivity index (χ1) is 13.9. The number of carbonyl (C=O) groups excluding carboxylic acids is 1. The van der Waals surface area contributed by atoms with E-state index < -0.39 is 10.0 Å². The van der Waals surface area contributed by atoms with Gasteiger partial charge in [0, 0.05) is 32.6 Å². The van der Waals surface area contributed by atoms with Crippen LogP contribution in [0.1, 0.15) is 26.2 Å². The number of benzene rings is 1. The highest BCUT2D eigenvalue weighted by atomic mass is 32.2. The summed E-state index contributed by atoms with van der Waals surface area (Å²) in [5, 5.41) is 2.92. The Bertz CT molecular complexity index is 735. The summed E-state index contributed by atoms with van der Waals surface area (Å²) < 4.78 is 36.7. The average molecular weight is 428 g/mol. The van der Waals surface area contributed by atoms with Gasteiger partial charge in [-0.25, -0.2) is 8.42 Å². The molecule has 0 bridgehead atoms. The van der Waals surface area contributed by atoms with Crippen molar-refractivity contribution >= 4 is 21.6 Å². The molecule has 1 fully saturated rings. The number of amides is 1. The third-order valence-corrected chi connectivity index (χ3v) is 5.86. The van der Waals surface area contributed by atoms with Crippen molar-refractivity contribution in [3.8, 4) is 5.75 Å². The van der Waals surface area contributed by atoms with Crippen molar-refractivity contribution in [1.82, 2.24) is 10.2 Å². The van der Waals surface area contributed by atoms with Gasteiger partial charge in [-0.1, -0.05) is 12.1 Å². The van der Waals surface area contributed by atoms with Crippen molar-refractivity contribution in [2.24, 2.45) is 0 Å². The van der Waals surface area contributed by atoms with Crippen LogP contribution in [-0.2, 0) is 19.6 Å². The van der Waals surface area contributed by atoms with Gasteiger partial charge in [-0.3, -0.25) is 14.0 Å². The number of hydrogen-bond donors (Lipinski definition) is 1. The highest BCUT2D eigenvalue weighted by molar-refractivity contribution is 7.92. The second kappa shape index (κ2) is 12.0. The van der Waals surface area contributed by atoms with Crippen LogP contribution in [-0.4, -0.2) is 78.0 Å². The minimum absolute atomic E-state index is 0.0569. The second-order valence-electron chi connectivity index (χ2n) is 7.00. The molecule has 8 nitrogen and oxygen atoms in total. The number of anilines is 1. The zero-order valence-corrected chi connectivity index (χ0v) is 18.2. The predicted molar refractivity (Wildman–Crippen MR) is 114 cm³/mol. The monoisotopic (exact) mass is 427 g/mol. The Morgan fingerprint density at radius 3 is 2.66 bits per heavy atom. The highest BCUT2D eigenvalue weighted by Gasteiger charge is 2.21. The van der Waals surface area contributed by atoms with Gasteiger partial charge in [0.25, 0.3) is 0 Å². The lowest BCUT2D eigenvalue weighted by Gasteiger charge is -2.26. The molecule has 0 aromatic heterocycles. The Balaban J connectivity index is 1.77. The van der Waals surface area contributed by atoms with Crippen molar-refractivity contribution in [2.45, 2.75) is 26.2 Å². The van der Waals surface area contributed by atoms with Gasteiger partial charge in [0.2, 0.25) is 15.9 Å². The van der Waals surface area contributed by atoms with Crippen LogP contribution in [0.3, 0.4) is 0 Å². The molecular formula is C20H33N3O5S. The topological polar surface area (TPSA) is 88.2 Å². The van der Waals surface area contributed by atoms with Crippen molar-refractivity contribution < 1.29 is 22.7 Å². The van der Waals surface area contributed by atoms with Gasteiger partial charge < -0.3 is 14.8 Å². The molecule has 0 atom stereocenters. The maximum absolute atomic E-state index is 12.3. The highest BCUT2D eigenvalue weighted by Crippen LogP contribution is 2.30. The van der Waals surface area contributed by atoms with Gasteiger partial charge in [-0.05, 0) is 38.4 Å². The molecule has 9 heteroatoms. The molecule has 0 unspecified atom stereocenters. The third kappa shape index (κ3) is 8.20. The van der Waals surface area contributed by atoms with E-state index in [0.717, 1.165) is 39.3 Å². The number of hydrogen-bond acceptors (Lipinski definition) is 6. The molecule has 1 amide bonds. The van der Waals surface area contributed by atoms with Gasteiger partial charge in [0.05, 0.1) is 31.8 Å². The third-order valence-electron chi connectivity index (χ3n) is 4.68. The van der Waals surface area contributed by atoms with Crippen LogP contribution in [0.4, 0.5) is 5.69 Å². The average Bonchev–Trinajstić information content (AvgIpc) is 2.69. The number of carbonyl (C=O) groups is 1. The van der Waals surface area contributed by atoms with Crippen LogP contribution in [0.2, 0.25) is 0 Å². The zero-order valence-electron chi connectivity index (χ0n) is 17.4. The van der Waals surface area contributed by atoms with Crippen molar-refractivity contribution in [3.05, 3.63) is 24.3 Å². The Morgan fingerprint density at radius 1 is 1.24 bits per heavy atom. The molecule has 164 valence electrons. The summed E-state index contributed by atoms with van der Waals surface area (Å²) in [6.07, 6.45) is 2.77. The molecule has 1 heterocycles. The van der Waals surface area contributed by atoms with Gasteiger partial charge in [-0.2, -0.15) is 0 Å². The smallest absolute Gasteiger partial charge is 0.232 e. The molecule has 1 aromatic rings. The quantitative estimate of drug-likeness (QED) is 0.508. The van der Waals surface area contributed by atoms with E-state index in [1.54, 1.807) is 24.3 Å². The molecule has 0 radical (unpaired) electrons. The van der Waals surface area contributed by atoms with Crippen LogP contribution in [0.25, 0.3) is 0 Å². The van der Waals surface area contributed by atoms with Crippen molar-refractivity contribution in [2.75, 3.05) is 63.1 Å². The van der Waals surface area contributed by atoms with Crippen LogP contribution in [0, 0.1) is 0 Å². The first-order valence-corrected chi connectivity index (χ1v) is 12.0.